The topological polar surface area (TPSA) is 135 Å². The molecule has 2 aromatic carbocycles. The van der Waals surface area contributed by atoms with Crippen molar-refractivity contribution in [2.75, 3.05) is 24.9 Å². The van der Waals surface area contributed by atoms with Crippen LogP contribution in [0.25, 0.3) is 11.3 Å². The predicted octanol–water partition coefficient (Wildman–Crippen LogP) is 3.63. The van der Waals surface area contributed by atoms with Crippen LogP contribution in [0.2, 0.25) is 0 Å². The molecule has 0 bridgehead atoms. The van der Waals surface area contributed by atoms with Gasteiger partial charge < -0.3 is 20.1 Å². The number of amides is 2. The molecule has 0 unspecified atom stereocenters. The van der Waals surface area contributed by atoms with Crippen molar-refractivity contribution >= 4 is 35.0 Å². The summed E-state index contributed by atoms with van der Waals surface area (Å²) in [5.41, 5.74) is 1.94. The number of carbonyl (C=O) groups excluding carboxylic acids is 2. The normalized spacial score (nSPS) is 11.5. The van der Waals surface area contributed by atoms with Crippen LogP contribution >= 0.6 is 11.8 Å². The van der Waals surface area contributed by atoms with Gasteiger partial charge in [0.15, 0.2) is 10.9 Å². The number of methoxy groups -OCH3 is 2. The van der Waals surface area contributed by atoms with Crippen molar-refractivity contribution < 1.29 is 19.1 Å². The van der Waals surface area contributed by atoms with E-state index < -0.39 is 10.8 Å². The van der Waals surface area contributed by atoms with Gasteiger partial charge in [0.2, 0.25) is 11.8 Å². The smallest absolute Gasteiger partial charge is 0.278 e. The van der Waals surface area contributed by atoms with E-state index in [2.05, 4.69) is 25.8 Å². The van der Waals surface area contributed by atoms with Crippen molar-refractivity contribution in [3.05, 3.63) is 52.3 Å². The van der Waals surface area contributed by atoms with Gasteiger partial charge in [-0.15, -0.1) is 10.2 Å². The molecule has 0 saturated heterocycles. The number of aryl methyl sites for hydroxylation is 1. The Hall–Kier alpha value is -3.86. The number of nitrogens with one attached hydrogen (secondary N) is 3. The molecule has 11 heteroatoms. The molecule has 184 valence electrons. The Morgan fingerprint density at radius 1 is 1.06 bits per heavy atom. The van der Waals surface area contributed by atoms with Gasteiger partial charge in [0.1, 0.15) is 11.5 Å². The van der Waals surface area contributed by atoms with Crippen molar-refractivity contribution in [3.63, 3.8) is 0 Å². The standard InChI is InChI=1S/C24H27N5O5S/c1-6-20(30)26-19-8-7-13(2)9-18(19)21-23(32)27-24(29-28-21)35-14(3)22(31)25-15-10-16(33-4)12-17(11-15)34-5/h7-12,14H,6H2,1-5H3,(H,25,31)(H,26,30)(H,27,29,32)/t14-/m0/s1. The molecule has 0 spiro atoms. The largest absolute Gasteiger partial charge is 0.497 e. The molecular weight excluding hydrogens is 470 g/mol. The lowest BCUT2D eigenvalue weighted by atomic mass is 10.1. The molecule has 0 radical (unpaired) electrons. The Morgan fingerprint density at radius 2 is 1.74 bits per heavy atom. The molecule has 3 rings (SSSR count). The summed E-state index contributed by atoms with van der Waals surface area (Å²) in [4.78, 5) is 40.1. The van der Waals surface area contributed by atoms with Crippen LogP contribution in [-0.2, 0) is 9.59 Å². The highest BCUT2D eigenvalue weighted by molar-refractivity contribution is 8.00. The van der Waals surface area contributed by atoms with Gasteiger partial charge in [-0.1, -0.05) is 30.3 Å². The highest BCUT2D eigenvalue weighted by Crippen LogP contribution is 2.28. The van der Waals surface area contributed by atoms with Crippen molar-refractivity contribution in [2.45, 2.75) is 37.6 Å². The molecule has 2 amide bonds. The first-order chi connectivity index (χ1) is 16.7. The first kappa shape index (κ1) is 25.8. The lowest BCUT2D eigenvalue weighted by Gasteiger charge is -2.13. The molecule has 35 heavy (non-hydrogen) atoms. The third-order valence-electron chi connectivity index (χ3n) is 4.98. The minimum atomic E-state index is -0.596. The molecule has 0 aliphatic heterocycles. The van der Waals surface area contributed by atoms with Crippen LogP contribution < -0.4 is 25.7 Å². The minimum absolute atomic E-state index is 0.0741. The second kappa shape index (κ2) is 11.5. The molecule has 0 fully saturated rings. The number of carbonyl (C=O) groups is 2. The van der Waals surface area contributed by atoms with E-state index in [1.54, 1.807) is 44.2 Å². The van der Waals surface area contributed by atoms with Crippen molar-refractivity contribution in [2.24, 2.45) is 0 Å². The van der Waals surface area contributed by atoms with Crippen molar-refractivity contribution in [3.8, 4) is 22.8 Å². The molecular formula is C24H27N5O5S. The molecule has 0 aliphatic carbocycles. The fraction of sp³-hybridized carbons (Fsp3) is 0.292. The minimum Gasteiger partial charge on any atom is -0.497 e. The number of thioether (sulfide) groups is 1. The maximum absolute atomic E-state index is 12.8. The number of rotatable bonds is 9. The van der Waals surface area contributed by atoms with Crippen LogP contribution in [0.15, 0.2) is 46.3 Å². The number of aromatic nitrogens is 3. The summed E-state index contributed by atoms with van der Waals surface area (Å²) >= 11 is 1.06. The Morgan fingerprint density at radius 3 is 2.34 bits per heavy atom. The zero-order valence-corrected chi connectivity index (χ0v) is 20.9. The van der Waals surface area contributed by atoms with Gasteiger partial charge in [0.25, 0.3) is 5.56 Å². The van der Waals surface area contributed by atoms with E-state index >= 15 is 0 Å². The van der Waals surface area contributed by atoms with Gasteiger partial charge in [-0.3, -0.25) is 19.4 Å². The van der Waals surface area contributed by atoms with Gasteiger partial charge in [0, 0.05) is 35.9 Å². The van der Waals surface area contributed by atoms with Gasteiger partial charge in [0.05, 0.1) is 25.2 Å². The Labute approximate surface area is 206 Å². The average molecular weight is 498 g/mol. The molecule has 3 N–H and O–H groups in total. The van der Waals surface area contributed by atoms with E-state index in [0.29, 0.717) is 34.9 Å². The number of ether oxygens (including phenoxy) is 2. The van der Waals surface area contributed by atoms with Crippen molar-refractivity contribution in [1.29, 1.82) is 0 Å². The lowest BCUT2D eigenvalue weighted by molar-refractivity contribution is -0.116. The Kier molecular flexibility index (Phi) is 8.48. The van der Waals surface area contributed by atoms with Crippen LogP contribution in [0.5, 0.6) is 11.5 Å². The third kappa shape index (κ3) is 6.60. The SMILES string of the molecule is CCC(=O)Nc1ccc(C)cc1-c1nnc(S[C@@H](C)C(=O)Nc2cc(OC)cc(OC)c2)[nH]c1=O. The number of benzene rings is 2. The van der Waals surface area contributed by atoms with Crippen LogP contribution in [0.3, 0.4) is 0 Å². The predicted molar refractivity (Wildman–Crippen MR) is 135 cm³/mol. The molecule has 1 aromatic heterocycles. The fourth-order valence-electron chi connectivity index (χ4n) is 3.10. The van der Waals surface area contributed by atoms with Crippen LogP contribution in [0.1, 0.15) is 25.8 Å². The van der Waals surface area contributed by atoms with Crippen LogP contribution in [0, 0.1) is 6.92 Å². The van der Waals surface area contributed by atoms with E-state index in [9.17, 15) is 14.4 Å². The van der Waals surface area contributed by atoms with E-state index in [1.807, 2.05) is 13.0 Å². The number of aromatic amines is 1. The first-order valence-corrected chi connectivity index (χ1v) is 11.7. The summed E-state index contributed by atoms with van der Waals surface area (Å²) in [5.74, 6) is 0.591. The van der Waals surface area contributed by atoms with Crippen LogP contribution in [0.4, 0.5) is 11.4 Å². The summed E-state index contributed by atoms with van der Waals surface area (Å²) in [6, 6.07) is 10.4. The zero-order valence-electron chi connectivity index (χ0n) is 20.1. The van der Waals surface area contributed by atoms with E-state index in [-0.39, 0.29) is 22.7 Å². The number of anilines is 2. The second-order valence-corrected chi connectivity index (χ2v) is 8.94. The highest BCUT2D eigenvalue weighted by Gasteiger charge is 2.19. The number of hydrogen-bond acceptors (Lipinski definition) is 8. The maximum Gasteiger partial charge on any atom is 0.278 e. The first-order valence-electron chi connectivity index (χ1n) is 10.8. The zero-order chi connectivity index (χ0) is 25.5. The molecule has 1 atom stereocenters. The quantitative estimate of drug-likeness (QED) is 0.382. The molecule has 0 saturated carbocycles. The summed E-state index contributed by atoms with van der Waals surface area (Å²) in [6.07, 6.45) is 0.299. The molecule has 10 nitrogen and oxygen atoms in total. The van der Waals surface area contributed by atoms with E-state index in [1.165, 1.54) is 14.2 Å². The number of nitrogens with zero attached hydrogens (tertiary/aromatic N) is 2. The highest BCUT2D eigenvalue weighted by atomic mass is 32.2. The van der Waals surface area contributed by atoms with Gasteiger partial charge in [-0.05, 0) is 26.0 Å². The van der Waals surface area contributed by atoms with Gasteiger partial charge >= 0.3 is 0 Å². The summed E-state index contributed by atoms with van der Waals surface area (Å²) in [6.45, 7) is 5.30. The average Bonchev–Trinajstić information content (AvgIpc) is 2.84. The summed E-state index contributed by atoms with van der Waals surface area (Å²) in [7, 11) is 3.05. The monoisotopic (exact) mass is 497 g/mol. The van der Waals surface area contributed by atoms with Crippen LogP contribution in [-0.4, -0.2) is 46.5 Å². The number of hydrogen-bond donors (Lipinski definition) is 3. The molecule has 0 aliphatic rings. The van der Waals surface area contributed by atoms with Gasteiger partial charge in [-0.2, -0.15) is 0 Å². The lowest BCUT2D eigenvalue weighted by Crippen LogP contribution is -2.24. The number of H-pyrrole nitrogens is 1. The maximum atomic E-state index is 12.8. The second-order valence-electron chi connectivity index (χ2n) is 7.61. The summed E-state index contributed by atoms with van der Waals surface area (Å²) < 4.78 is 10.4. The molecule has 1 heterocycles. The van der Waals surface area contributed by atoms with E-state index in [0.717, 1.165) is 17.3 Å². The van der Waals surface area contributed by atoms with Gasteiger partial charge in [-0.25, -0.2) is 0 Å². The van der Waals surface area contributed by atoms with Crippen molar-refractivity contribution in [1.82, 2.24) is 15.2 Å². The summed E-state index contributed by atoms with van der Waals surface area (Å²) in [5, 5.41) is 13.4. The fourth-order valence-corrected chi connectivity index (χ4v) is 3.84. The Bertz CT molecular complexity index is 1270. The third-order valence-corrected chi connectivity index (χ3v) is 5.95. The van der Waals surface area contributed by atoms with E-state index in [4.69, 9.17) is 9.47 Å². The molecule has 3 aromatic rings. The Balaban J connectivity index is 1.77.